The van der Waals surface area contributed by atoms with Crippen molar-refractivity contribution in [2.24, 2.45) is 0 Å². The van der Waals surface area contributed by atoms with E-state index in [1.165, 1.54) is 0 Å². The second-order valence-electron chi connectivity index (χ2n) is 6.21. The van der Waals surface area contributed by atoms with Crippen molar-refractivity contribution < 1.29 is 13.2 Å². The van der Waals surface area contributed by atoms with Gasteiger partial charge in [-0.3, -0.25) is 14.1 Å². The maximum atomic E-state index is 12.4. The van der Waals surface area contributed by atoms with Crippen LogP contribution in [0.25, 0.3) is 10.9 Å². The molecule has 0 saturated heterocycles. The second kappa shape index (κ2) is 8.18. The van der Waals surface area contributed by atoms with E-state index < -0.39 is 10.0 Å². The highest BCUT2D eigenvalue weighted by molar-refractivity contribution is 7.92. The van der Waals surface area contributed by atoms with Crippen molar-refractivity contribution in [1.82, 2.24) is 10.3 Å². The number of hydrogen-bond acceptors (Lipinski definition) is 4. The van der Waals surface area contributed by atoms with Crippen molar-refractivity contribution in [2.75, 3.05) is 23.7 Å². The van der Waals surface area contributed by atoms with Crippen LogP contribution >= 0.6 is 0 Å². The molecule has 0 fully saturated rings. The fraction of sp³-hybridized carbons (Fsp3) is 0.200. The first kappa shape index (κ1) is 18.8. The van der Waals surface area contributed by atoms with Gasteiger partial charge in [-0.25, -0.2) is 8.42 Å². The minimum atomic E-state index is -3.65. The van der Waals surface area contributed by atoms with Crippen LogP contribution < -0.4 is 9.62 Å². The Balaban J connectivity index is 1.75. The van der Waals surface area contributed by atoms with Crippen molar-refractivity contribution in [3.05, 3.63) is 72.4 Å². The topological polar surface area (TPSA) is 79.4 Å². The third-order valence-corrected chi connectivity index (χ3v) is 5.27. The van der Waals surface area contributed by atoms with Crippen LogP contribution in [0.4, 0.5) is 5.69 Å². The summed E-state index contributed by atoms with van der Waals surface area (Å²) in [5, 5.41) is 3.60. The molecule has 3 aromatic rings. The second-order valence-corrected chi connectivity index (χ2v) is 8.11. The average Bonchev–Trinajstić information content (AvgIpc) is 2.66. The molecule has 0 aliphatic heterocycles. The number of rotatable bonds is 7. The van der Waals surface area contributed by atoms with E-state index in [0.29, 0.717) is 24.2 Å². The minimum Gasteiger partial charge on any atom is -0.354 e. The summed E-state index contributed by atoms with van der Waals surface area (Å²) in [5.41, 5.74) is 2.05. The van der Waals surface area contributed by atoms with Crippen molar-refractivity contribution in [1.29, 1.82) is 0 Å². The molecule has 0 spiro atoms. The molecule has 0 saturated carbocycles. The lowest BCUT2D eigenvalue weighted by molar-refractivity contribution is -0.119. The van der Waals surface area contributed by atoms with Crippen molar-refractivity contribution in [3.8, 4) is 0 Å². The summed E-state index contributed by atoms with van der Waals surface area (Å²) in [4.78, 5) is 16.6. The number of carbonyl (C=O) groups excluding carboxylic acids is 1. The monoisotopic (exact) mass is 383 g/mol. The largest absolute Gasteiger partial charge is 0.354 e. The molecule has 140 valence electrons. The molecule has 0 atom stereocenters. The average molecular weight is 383 g/mol. The van der Waals surface area contributed by atoms with Gasteiger partial charge in [0.15, 0.2) is 0 Å². The molecule has 1 N–H and O–H groups in total. The van der Waals surface area contributed by atoms with Gasteiger partial charge >= 0.3 is 0 Å². The molecule has 0 aliphatic rings. The normalized spacial score (nSPS) is 11.3. The molecule has 1 heterocycles. The number of hydrogen-bond donors (Lipinski definition) is 1. The van der Waals surface area contributed by atoms with Gasteiger partial charge in [-0.15, -0.1) is 0 Å². The van der Waals surface area contributed by atoms with E-state index in [-0.39, 0.29) is 12.5 Å². The summed E-state index contributed by atoms with van der Waals surface area (Å²) in [6.07, 6.45) is 3.37. The zero-order valence-electron chi connectivity index (χ0n) is 15.0. The lowest BCUT2D eigenvalue weighted by Crippen LogP contribution is -2.41. The molecule has 7 heteroatoms. The molecular formula is C20H21N3O3S. The van der Waals surface area contributed by atoms with E-state index in [1.54, 1.807) is 24.4 Å². The molecule has 0 bridgehead atoms. The Morgan fingerprint density at radius 3 is 2.52 bits per heavy atom. The highest BCUT2D eigenvalue weighted by Gasteiger charge is 2.23. The van der Waals surface area contributed by atoms with Gasteiger partial charge in [0.2, 0.25) is 15.9 Å². The SMILES string of the molecule is CS(=O)(=O)N(CC(=O)NCCc1ccccc1)c1cccc2cccnc12. The quantitative estimate of drug-likeness (QED) is 0.679. The summed E-state index contributed by atoms with van der Waals surface area (Å²) in [7, 11) is -3.65. The van der Waals surface area contributed by atoms with Gasteiger partial charge in [-0.05, 0) is 24.1 Å². The van der Waals surface area contributed by atoms with Crippen molar-refractivity contribution in [2.45, 2.75) is 6.42 Å². The van der Waals surface area contributed by atoms with Crippen molar-refractivity contribution >= 4 is 32.5 Å². The molecule has 0 aliphatic carbocycles. The Kier molecular flexibility index (Phi) is 5.71. The molecule has 2 aromatic carbocycles. The molecule has 0 unspecified atom stereocenters. The number of sulfonamides is 1. The standard InChI is InChI=1S/C20H21N3O3S/c1-27(25,26)23(18-11-5-9-17-10-6-13-22-20(17)18)15-19(24)21-14-12-16-7-3-2-4-8-16/h2-11,13H,12,14-15H2,1H3,(H,21,24). The number of aromatic nitrogens is 1. The molecule has 3 rings (SSSR count). The molecular weight excluding hydrogens is 362 g/mol. The summed E-state index contributed by atoms with van der Waals surface area (Å²) in [5.74, 6) is -0.357. The van der Waals surface area contributed by atoms with Gasteiger partial charge in [-0.2, -0.15) is 0 Å². The van der Waals surface area contributed by atoms with Crippen LogP contribution in [0.2, 0.25) is 0 Å². The van der Waals surface area contributed by atoms with Gasteiger partial charge in [0, 0.05) is 18.1 Å². The lowest BCUT2D eigenvalue weighted by Gasteiger charge is -2.23. The molecule has 1 aromatic heterocycles. The van der Waals surface area contributed by atoms with E-state index >= 15 is 0 Å². The van der Waals surface area contributed by atoms with Crippen LogP contribution in [0, 0.1) is 0 Å². The third kappa shape index (κ3) is 4.83. The van der Waals surface area contributed by atoms with Crippen LogP contribution in [-0.2, 0) is 21.2 Å². The highest BCUT2D eigenvalue weighted by atomic mass is 32.2. The Morgan fingerprint density at radius 1 is 1.04 bits per heavy atom. The zero-order chi connectivity index (χ0) is 19.3. The van der Waals surface area contributed by atoms with E-state index in [2.05, 4.69) is 10.3 Å². The summed E-state index contributed by atoms with van der Waals surface area (Å²) in [6.45, 7) is 0.150. The number of nitrogens with one attached hydrogen (secondary N) is 1. The lowest BCUT2D eigenvalue weighted by atomic mass is 10.1. The Labute approximate surface area is 158 Å². The Morgan fingerprint density at radius 2 is 1.78 bits per heavy atom. The highest BCUT2D eigenvalue weighted by Crippen LogP contribution is 2.26. The smallest absolute Gasteiger partial charge is 0.240 e. The molecule has 27 heavy (non-hydrogen) atoms. The number of fused-ring (bicyclic) bond motifs is 1. The minimum absolute atomic E-state index is 0.288. The van der Waals surface area contributed by atoms with Gasteiger partial charge in [-0.1, -0.05) is 48.5 Å². The van der Waals surface area contributed by atoms with E-state index in [1.807, 2.05) is 42.5 Å². The first-order valence-corrected chi connectivity index (χ1v) is 10.4. The van der Waals surface area contributed by atoms with Gasteiger partial charge in [0.25, 0.3) is 0 Å². The Hall–Kier alpha value is -2.93. The maximum absolute atomic E-state index is 12.4. The zero-order valence-corrected chi connectivity index (χ0v) is 15.8. The third-order valence-electron chi connectivity index (χ3n) is 4.15. The fourth-order valence-corrected chi connectivity index (χ4v) is 3.70. The molecule has 6 nitrogen and oxygen atoms in total. The number of para-hydroxylation sites is 1. The van der Waals surface area contributed by atoms with Crippen molar-refractivity contribution in [3.63, 3.8) is 0 Å². The van der Waals surface area contributed by atoms with Crippen LogP contribution in [0.5, 0.6) is 0 Å². The van der Waals surface area contributed by atoms with E-state index in [9.17, 15) is 13.2 Å². The number of pyridine rings is 1. The van der Waals surface area contributed by atoms with Gasteiger partial charge in [0.1, 0.15) is 6.54 Å². The van der Waals surface area contributed by atoms with E-state index in [4.69, 9.17) is 0 Å². The maximum Gasteiger partial charge on any atom is 0.240 e. The number of carbonyl (C=O) groups is 1. The van der Waals surface area contributed by atoms with Gasteiger partial charge in [0.05, 0.1) is 17.5 Å². The predicted molar refractivity (Wildman–Crippen MR) is 107 cm³/mol. The number of anilines is 1. The fourth-order valence-electron chi connectivity index (χ4n) is 2.85. The summed E-state index contributed by atoms with van der Waals surface area (Å²) < 4.78 is 25.7. The van der Waals surface area contributed by atoms with Crippen LogP contribution in [0.1, 0.15) is 5.56 Å². The molecule has 0 radical (unpaired) electrons. The number of nitrogens with zero attached hydrogens (tertiary/aromatic N) is 2. The first-order valence-electron chi connectivity index (χ1n) is 8.57. The Bertz CT molecular complexity index is 1030. The van der Waals surface area contributed by atoms with Crippen LogP contribution in [0.15, 0.2) is 66.9 Å². The summed E-state index contributed by atoms with van der Waals surface area (Å²) >= 11 is 0. The van der Waals surface area contributed by atoms with Gasteiger partial charge < -0.3 is 5.32 Å². The van der Waals surface area contributed by atoms with Crippen LogP contribution in [0.3, 0.4) is 0 Å². The first-order chi connectivity index (χ1) is 12.9. The predicted octanol–water partition coefficient (Wildman–Crippen LogP) is 2.36. The molecule has 1 amide bonds. The van der Waals surface area contributed by atoms with E-state index in [0.717, 1.165) is 21.5 Å². The number of amides is 1. The number of benzene rings is 2. The summed E-state index contributed by atoms with van der Waals surface area (Å²) in [6, 6.07) is 18.7. The van der Waals surface area contributed by atoms with Crippen LogP contribution in [-0.4, -0.2) is 38.7 Å².